The highest BCUT2D eigenvalue weighted by Gasteiger charge is 2.06. The van der Waals surface area contributed by atoms with E-state index in [1.807, 2.05) is 13.8 Å². The van der Waals surface area contributed by atoms with Crippen molar-refractivity contribution in [1.82, 2.24) is 15.3 Å². The van der Waals surface area contributed by atoms with Crippen molar-refractivity contribution < 1.29 is 4.79 Å². The summed E-state index contributed by atoms with van der Waals surface area (Å²) in [6, 6.07) is 0. The van der Waals surface area contributed by atoms with Gasteiger partial charge < -0.3 is 16.4 Å². The molecule has 7 heteroatoms. The quantitative estimate of drug-likeness (QED) is 0.682. The fourth-order valence-electron chi connectivity index (χ4n) is 1.06. The Morgan fingerprint density at radius 3 is 2.94 bits per heavy atom. The Bertz CT molecular complexity index is 396. The van der Waals surface area contributed by atoms with Crippen molar-refractivity contribution in [3.05, 3.63) is 11.5 Å². The Hall–Kier alpha value is -1.56. The SMILES string of the molecule is CC(C)CNC(=O)CNc1nc(Cl)ncc1N. The van der Waals surface area contributed by atoms with E-state index < -0.39 is 0 Å². The summed E-state index contributed by atoms with van der Waals surface area (Å²) < 4.78 is 0. The van der Waals surface area contributed by atoms with E-state index in [0.29, 0.717) is 24.0 Å². The fourth-order valence-corrected chi connectivity index (χ4v) is 1.19. The zero-order valence-corrected chi connectivity index (χ0v) is 10.6. The molecule has 1 aromatic rings. The van der Waals surface area contributed by atoms with Gasteiger partial charge in [0, 0.05) is 6.54 Å². The molecule has 0 aromatic carbocycles. The number of halogens is 1. The van der Waals surface area contributed by atoms with Crippen molar-refractivity contribution in [3.63, 3.8) is 0 Å². The van der Waals surface area contributed by atoms with Gasteiger partial charge in [-0.2, -0.15) is 4.98 Å². The minimum atomic E-state index is -0.118. The lowest BCUT2D eigenvalue weighted by Crippen LogP contribution is -2.32. The number of hydrogen-bond acceptors (Lipinski definition) is 5. The Morgan fingerprint density at radius 2 is 2.29 bits per heavy atom. The molecule has 4 N–H and O–H groups in total. The lowest BCUT2D eigenvalue weighted by Gasteiger charge is -2.10. The van der Waals surface area contributed by atoms with Crippen LogP contribution in [0, 0.1) is 5.92 Å². The minimum Gasteiger partial charge on any atom is -0.394 e. The number of carbonyl (C=O) groups excluding carboxylic acids is 1. The average Bonchev–Trinajstić information content (AvgIpc) is 2.27. The molecule has 1 heterocycles. The molecule has 0 saturated carbocycles. The molecule has 17 heavy (non-hydrogen) atoms. The number of anilines is 2. The summed E-state index contributed by atoms with van der Waals surface area (Å²) >= 11 is 5.62. The second kappa shape index (κ2) is 6.24. The number of nitrogen functional groups attached to an aromatic ring is 1. The lowest BCUT2D eigenvalue weighted by molar-refractivity contribution is -0.119. The van der Waals surface area contributed by atoms with Gasteiger partial charge in [-0.3, -0.25) is 4.79 Å². The Balaban J connectivity index is 2.44. The standard InChI is InChI=1S/C10H16ClN5O/c1-6(2)3-13-8(17)5-14-9-7(12)4-15-10(11)16-9/h4,6H,3,5,12H2,1-2H3,(H,13,17)(H,14,15,16). The first kappa shape index (κ1) is 13.5. The zero-order valence-electron chi connectivity index (χ0n) is 9.83. The van der Waals surface area contributed by atoms with Crippen LogP contribution >= 0.6 is 11.6 Å². The number of amides is 1. The largest absolute Gasteiger partial charge is 0.394 e. The third kappa shape index (κ3) is 4.86. The van der Waals surface area contributed by atoms with E-state index in [-0.39, 0.29) is 17.7 Å². The predicted molar refractivity (Wildman–Crippen MR) is 67.8 cm³/mol. The molecule has 0 atom stereocenters. The van der Waals surface area contributed by atoms with Crippen LogP contribution in [-0.4, -0.2) is 29.0 Å². The maximum Gasteiger partial charge on any atom is 0.239 e. The van der Waals surface area contributed by atoms with Crippen LogP contribution in [0.25, 0.3) is 0 Å². The van der Waals surface area contributed by atoms with Crippen LogP contribution < -0.4 is 16.4 Å². The van der Waals surface area contributed by atoms with Gasteiger partial charge in [-0.15, -0.1) is 0 Å². The number of aromatic nitrogens is 2. The topological polar surface area (TPSA) is 92.9 Å². The lowest BCUT2D eigenvalue weighted by atomic mass is 10.2. The smallest absolute Gasteiger partial charge is 0.239 e. The molecule has 1 rings (SSSR count). The summed E-state index contributed by atoms with van der Waals surface area (Å²) in [6.45, 7) is 4.79. The van der Waals surface area contributed by atoms with E-state index >= 15 is 0 Å². The van der Waals surface area contributed by atoms with E-state index in [2.05, 4.69) is 20.6 Å². The maximum absolute atomic E-state index is 11.4. The first-order valence-electron chi connectivity index (χ1n) is 5.27. The number of nitrogens with zero attached hydrogens (tertiary/aromatic N) is 2. The maximum atomic E-state index is 11.4. The van der Waals surface area contributed by atoms with Crippen molar-refractivity contribution in [2.45, 2.75) is 13.8 Å². The van der Waals surface area contributed by atoms with Crippen molar-refractivity contribution in [2.75, 3.05) is 24.1 Å². The molecule has 1 aromatic heterocycles. The molecule has 0 unspecified atom stereocenters. The van der Waals surface area contributed by atoms with Gasteiger partial charge in [0.1, 0.15) is 0 Å². The number of rotatable bonds is 5. The highest BCUT2D eigenvalue weighted by atomic mass is 35.5. The summed E-state index contributed by atoms with van der Waals surface area (Å²) in [4.78, 5) is 19.0. The van der Waals surface area contributed by atoms with Crippen LogP contribution in [0.2, 0.25) is 5.28 Å². The molecule has 0 saturated heterocycles. The summed E-state index contributed by atoms with van der Waals surface area (Å²) in [7, 11) is 0. The number of carbonyl (C=O) groups is 1. The van der Waals surface area contributed by atoms with Crippen molar-refractivity contribution in [3.8, 4) is 0 Å². The molecule has 1 amide bonds. The average molecular weight is 258 g/mol. The normalized spacial score (nSPS) is 10.4. The summed E-state index contributed by atoms with van der Waals surface area (Å²) in [5, 5.41) is 5.66. The van der Waals surface area contributed by atoms with Gasteiger partial charge >= 0.3 is 0 Å². The Kier molecular flexibility index (Phi) is 4.96. The van der Waals surface area contributed by atoms with E-state index in [0.717, 1.165) is 0 Å². The molecular formula is C10H16ClN5O. The van der Waals surface area contributed by atoms with Crippen LogP contribution in [0.4, 0.5) is 11.5 Å². The van der Waals surface area contributed by atoms with E-state index in [1.54, 1.807) is 0 Å². The molecule has 0 aliphatic rings. The molecular weight excluding hydrogens is 242 g/mol. The first-order valence-corrected chi connectivity index (χ1v) is 5.65. The van der Waals surface area contributed by atoms with Gasteiger partial charge in [-0.05, 0) is 17.5 Å². The third-order valence-electron chi connectivity index (χ3n) is 1.91. The molecule has 6 nitrogen and oxygen atoms in total. The summed E-state index contributed by atoms with van der Waals surface area (Å²) in [5.41, 5.74) is 5.97. The Labute approximate surface area is 105 Å². The summed E-state index contributed by atoms with van der Waals surface area (Å²) in [6.07, 6.45) is 1.39. The number of nitrogens with two attached hydrogens (primary N) is 1. The molecule has 0 radical (unpaired) electrons. The van der Waals surface area contributed by atoms with Gasteiger partial charge in [-0.1, -0.05) is 13.8 Å². The third-order valence-corrected chi connectivity index (χ3v) is 2.09. The molecule has 0 aliphatic carbocycles. The predicted octanol–water partition coefficient (Wildman–Crippen LogP) is 0.896. The molecule has 0 aliphatic heterocycles. The van der Waals surface area contributed by atoms with Crippen molar-refractivity contribution in [1.29, 1.82) is 0 Å². The second-order valence-corrected chi connectivity index (χ2v) is 4.33. The van der Waals surface area contributed by atoms with E-state index in [1.165, 1.54) is 6.20 Å². The van der Waals surface area contributed by atoms with Crippen LogP contribution in [0.5, 0.6) is 0 Å². The van der Waals surface area contributed by atoms with Crippen LogP contribution in [-0.2, 0) is 4.79 Å². The number of hydrogen-bond donors (Lipinski definition) is 3. The minimum absolute atomic E-state index is 0.0873. The zero-order chi connectivity index (χ0) is 12.8. The first-order chi connectivity index (χ1) is 7.99. The van der Waals surface area contributed by atoms with Crippen LogP contribution in [0.1, 0.15) is 13.8 Å². The van der Waals surface area contributed by atoms with Gasteiger partial charge in [-0.25, -0.2) is 4.98 Å². The monoisotopic (exact) mass is 257 g/mol. The van der Waals surface area contributed by atoms with E-state index in [9.17, 15) is 4.79 Å². The molecule has 0 bridgehead atoms. The van der Waals surface area contributed by atoms with Crippen molar-refractivity contribution >= 4 is 29.0 Å². The molecule has 0 spiro atoms. The highest BCUT2D eigenvalue weighted by molar-refractivity contribution is 6.28. The molecule has 94 valence electrons. The molecule has 0 fully saturated rings. The number of nitrogens with one attached hydrogen (secondary N) is 2. The highest BCUT2D eigenvalue weighted by Crippen LogP contribution is 2.14. The van der Waals surface area contributed by atoms with Gasteiger partial charge in [0.25, 0.3) is 0 Å². The van der Waals surface area contributed by atoms with Crippen LogP contribution in [0.15, 0.2) is 6.20 Å². The van der Waals surface area contributed by atoms with Gasteiger partial charge in [0.2, 0.25) is 11.2 Å². The van der Waals surface area contributed by atoms with E-state index in [4.69, 9.17) is 17.3 Å². The summed E-state index contributed by atoms with van der Waals surface area (Å²) in [5.74, 6) is 0.662. The van der Waals surface area contributed by atoms with Crippen molar-refractivity contribution in [2.24, 2.45) is 5.92 Å². The second-order valence-electron chi connectivity index (χ2n) is 3.99. The van der Waals surface area contributed by atoms with Gasteiger partial charge in [0.15, 0.2) is 5.82 Å². The van der Waals surface area contributed by atoms with Crippen LogP contribution in [0.3, 0.4) is 0 Å². The fraction of sp³-hybridized carbons (Fsp3) is 0.500. The van der Waals surface area contributed by atoms with Gasteiger partial charge in [0.05, 0.1) is 18.4 Å². The Morgan fingerprint density at radius 1 is 1.59 bits per heavy atom.